The van der Waals surface area contributed by atoms with Gasteiger partial charge in [0.05, 0.1) is 5.75 Å². The number of nitrogens with one attached hydrogen (secondary N) is 1. The SMILES string of the molecule is C[C@H](O[C@@H]1[C@@H](NC(=O)c2ccccc2)C(=O)N1C(O)C(=O)OC(c1ccccc1)c1ccccc1)C(=O)CSc1nnnn1C. The molecule has 1 fully saturated rings. The number of tetrazole rings is 1. The number of ether oxygens (including phenoxy) is 2. The zero-order valence-electron chi connectivity index (χ0n) is 24.3. The Balaban J connectivity index is 1.33. The van der Waals surface area contributed by atoms with Gasteiger partial charge in [-0.3, -0.25) is 19.3 Å². The first-order valence-corrected chi connectivity index (χ1v) is 14.9. The van der Waals surface area contributed by atoms with Crippen molar-refractivity contribution in [3.63, 3.8) is 0 Å². The fourth-order valence-corrected chi connectivity index (χ4v) is 5.42. The van der Waals surface area contributed by atoms with Gasteiger partial charge in [0, 0.05) is 12.6 Å². The lowest BCUT2D eigenvalue weighted by Crippen LogP contribution is -2.75. The van der Waals surface area contributed by atoms with E-state index in [2.05, 4.69) is 20.8 Å². The van der Waals surface area contributed by atoms with Gasteiger partial charge in [-0.25, -0.2) is 9.48 Å². The standard InChI is InChI=1S/C31H30N6O7S/c1-19(23(38)18-45-31-33-34-35-36(31)2)43-29-24(32-26(39)22-16-10-5-11-17-22)27(40)37(29)28(41)30(42)44-25(20-12-6-3-7-13-20)21-14-8-4-9-15-21/h3-17,19,24-25,28-29,41H,18H2,1-2H3,(H,32,39)/t19-,24-,28?,29+/m0/s1. The van der Waals surface area contributed by atoms with Crippen molar-refractivity contribution in [3.8, 4) is 0 Å². The predicted octanol–water partition coefficient (Wildman–Crippen LogP) is 1.89. The van der Waals surface area contributed by atoms with Gasteiger partial charge in [0.25, 0.3) is 11.8 Å². The predicted molar refractivity (Wildman–Crippen MR) is 160 cm³/mol. The van der Waals surface area contributed by atoms with Crippen molar-refractivity contribution in [2.45, 2.75) is 42.8 Å². The number of hydrogen-bond donors (Lipinski definition) is 2. The van der Waals surface area contributed by atoms with Gasteiger partial charge < -0.3 is 19.9 Å². The number of aryl methyl sites for hydroxylation is 1. The number of aliphatic hydroxyl groups is 1. The van der Waals surface area contributed by atoms with Crippen LogP contribution in [0.2, 0.25) is 0 Å². The van der Waals surface area contributed by atoms with E-state index in [9.17, 15) is 24.3 Å². The van der Waals surface area contributed by atoms with Crippen molar-refractivity contribution in [1.29, 1.82) is 0 Å². The average Bonchev–Trinajstić information content (AvgIpc) is 3.49. The molecule has 4 atom stereocenters. The molecule has 232 valence electrons. The number of rotatable bonds is 13. The quantitative estimate of drug-likeness (QED) is 0.126. The molecule has 2 heterocycles. The number of aromatic nitrogens is 4. The topological polar surface area (TPSA) is 166 Å². The maximum atomic E-state index is 13.4. The normalized spacial score (nSPS) is 17.3. The van der Waals surface area contributed by atoms with Gasteiger partial charge in [-0.2, -0.15) is 0 Å². The maximum absolute atomic E-state index is 13.4. The lowest BCUT2D eigenvalue weighted by molar-refractivity contribution is -0.225. The van der Waals surface area contributed by atoms with Gasteiger partial charge >= 0.3 is 5.97 Å². The highest BCUT2D eigenvalue weighted by atomic mass is 32.2. The number of hydrogen-bond acceptors (Lipinski definition) is 11. The number of β-lactam (4-membered cyclic amide) rings is 1. The first kappa shape index (κ1) is 31.5. The summed E-state index contributed by atoms with van der Waals surface area (Å²) in [5.74, 6) is -2.91. The molecule has 1 aliphatic heterocycles. The van der Waals surface area contributed by atoms with E-state index in [0.29, 0.717) is 16.3 Å². The largest absolute Gasteiger partial charge is 0.449 e. The Kier molecular flexibility index (Phi) is 9.97. The van der Waals surface area contributed by atoms with Crippen LogP contribution in [0.5, 0.6) is 0 Å². The van der Waals surface area contributed by atoms with Crippen molar-refractivity contribution in [2.75, 3.05) is 5.75 Å². The van der Waals surface area contributed by atoms with Crippen LogP contribution in [-0.2, 0) is 30.9 Å². The second-order valence-corrected chi connectivity index (χ2v) is 11.0. The van der Waals surface area contributed by atoms with Crippen LogP contribution in [0.1, 0.15) is 34.5 Å². The Bertz CT molecular complexity index is 1600. The fraction of sp³-hybridized carbons (Fsp3) is 0.258. The molecule has 0 spiro atoms. The number of amides is 2. The number of Topliss-reactive ketones (excluding diaryl/α,β-unsaturated/α-hetero) is 1. The monoisotopic (exact) mass is 630 g/mol. The van der Waals surface area contributed by atoms with E-state index < -0.39 is 48.5 Å². The molecular weight excluding hydrogens is 600 g/mol. The highest BCUT2D eigenvalue weighted by Gasteiger charge is 2.55. The molecule has 13 nitrogen and oxygen atoms in total. The summed E-state index contributed by atoms with van der Waals surface area (Å²) in [6.45, 7) is 1.47. The van der Waals surface area contributed by atoms with Crippen molar-refractivity contribution < 1.29 is 33.8 Å². The molecule has 0 aliphatic carbocycles. The van der Waals surface area contributed by atoms with Gasteiger partial charge in [0.15, 0.2) is 24.2 Å². The molecule has 1 unspecified atom stereocenters. The highest BCUT2D eigenvalue weighted by molar-refractivity contribution is 7.99. The van der Waals surface area contributed by atoms with Crippen LogP contribution in [0, 0.1) is 0 Å². The van der Waals surface area contributed by atoms with Crippen LogP contribution < -0.4 is 5.32 Å². The average molecular weight is 631 g/mol. The van der Waals surface area contributed by atoms with Crippen molar-refractivity contribution in [1.82, 2.24) is 30.4 Å². The molecule has 1 aromatic heterocycles. The Labute approximate surface area is 262 Å². The number of carbonyl (C=O) groups is 4. The maximum Gasteiger partial charge on any atom is 0.357 e. The first-order chi connectivity index (χ1) is 21.7. The summed E-state index contributed by atoms with van der Waals surface area (Å²) in [4.78, 5) is 53.3. The van der Waals surface area contributed by atoms with Crippen LogP contribution in [-0.4, -0.2) is 84.1 Å². The number of esters is 1. The van der Waals surface area contributed by atoms with Gasteiger partial charge in [-0.05, 0) is 40.6 Å². The summed E-state index contributed by atoms with van der Waals surface area (Å²) in [6.07, 6.45) is -5.43. The van der Waals surface area contributed by atoms with E-state index in [1.54, 1.807) is 85.9 Å². The van der Waals surface area contributed by atoms with E-state index in [0.717, 1.165) is 16.7 Å². The molecule has 45 heavy (non-hydrogen) atoms. The van der Waals surface area contributed by atoms with Crippen LogP contribution in [0.3, 0.4) is 0 Å². The second kappa shape index (κ2) is 14.2. The molecule has 2 amide bonds. The molecule has 1 saturated heterocycles. The Morgan fingerprint density at radius 1 is 0.956 bits per heavy atom. The molecule has 0 radical (unpaired) electrons. The number of ketones is 1. The van der Waals surface area contributed by atoms with Crippen molar-refractivity contribution in [2.24, 2.45) is 7.05 Å². The van der Waals surface area contributed by atoms with E-state index >= 15 is 0 Å². The number of aliphatic hydroxyl groups excluding tert-OH is 1. The van der Waals surface area contributed by atoms with Crippen LogP contribution in [0.4, 0.5) is 0 Å². The van der Waals surface area contributed by atoms with E-state index in [-0.39, 0.29) is 17.1 Å². The van der Waals surface area contributed by atoms with Crippen LogP contribution in [0.15, 0.2) is 96.2 Å². The first-order valence-electron chi connectivity index (χ1n) is 13.9. The summed E-state index contributed by atoms with van der Waals surface area (Å²) in [6, 6.07) is 24.8. The third-order valence-electron chi connectivity index (χ3n) is 7.04. The van der Waals surface area contributed by atoms with Crippen molar-refractivity contribution in [3.05, 3.63) is 108 Å². The minimum atomic E-state index is -2.09. The molecule has 2 N–H and O–H groups in total. The lowest BCUT2D eigenvalue weighted by Gasteiger charge is -2.48. The van der Waals surface area contributed by atoms with E-state index in [1.807, 2.05) is 12.1 Å². The summed E-state index contributed by atoms with van der Waals surface area (Å²) in [5.41, 5.74) is 1.58. The number of likely N-dealkylation sites (tertiary alicyclic amines) is 1. The molecule has 3 aromatic carbocycles. The molecule has 4 aromatic rings. The molecule has 0 bridgehead atoms. The molecule has 0 saturated carbocycles. The molecular formula is C31H30N6O7S. The van der Waals surface area contributed by atoms with Gasteiger partial charge in [-0.1, -0.05) is 90.6 Å². The number of benzene rings is 3. The van der Waals surface area contributed by atoms with Gasteiger partial charge in [-0.15, -0.1) is 5.10 Å². The zero-order valence-corrected chi connectivity index (χ0v) is 25.1. The summed E-state index contributed by atoms with van der Waals surface area (Å²) >= 11 is 1.09. The Hall–Kier alpha value is -4.92. The lowest BCUT2D eigenvalue weighted by atomic mass is 10.0. The molecule has 1 aliphatic rings. The minimum absolute atomic E-state index is 0.0580. The minimum Gasteiger partial charge on any atom is -0.449 e. The van der Waals surface area contributed by atoms with E-state index in [1.165, 1.54) is 11.6 Å². The molecule has 14 heteroatoms. The Morgan fingerprint density at radius 2 is 1.53 bits per heavy atom. The summed E-state index contributed by atoms with van der Waals surface area (Å²) in [7, 11) is 1.63. The van der Waals surface area contributed by atoms with E-state index in [4.69, 9.17) is 9.47 Å². The van der Waals surface area contributed by atoms with Crippen LogP contribution in [0.25, 0.3) is 0 Å². The third-order valence-corrected chi connectivity index (χ3v) is 8.07. The third kappa shape index (κ3) is 7.25. The molecule has 5 rings (SSSR count). The summed E-state index contributed by atoms with van der Waals surface area (Å²) in [5, 5.41) is 25.2. The zero-order chi connectivity index (χ0) is 31.9. The van der Waals surface area contributed by atoms with Gasteiger partial charge in [0.2, 0.25) is 11.4 Å². The van der Waals surface area contributed by atoms with Gasteiger partial charge in [0.1, 0.15) is 6.10 Å². The van der Waals surface area contributed by atoms with Crippen LogP contribution >= 0.6 is 11.8 Å². The Morgan fingerprint density at radius 3 is 2.09 bits per heavy atom. The summed E-state index contributed by atoms with van der Waals surface area (Å²) < 4.78 is 13.1. The fourth-order valence-electron chi connectivity index (χ4n) is 4.59. The number of nitrogens with zero attached hydrogens (tertiary/aromatic N) is 5. The smallest absolute Gasteiger partial charge is 0.357 e. The number of thioether (sulfide) groups is 1. The van der Waals surface area contributed by atoms with Crippen molar-refractivity contribution >= 4 is 35.3 Å². The second-order valence-electron chi connectivity index (χ2n) is 10.1. The highest BCUT2D eigenvalue weighted by Crippen LogP contribution is 2.30. The number of carbonyl (C=O) groups excluding carboxylic acids is 4.